The van der Waals surface area contributed by atoms with Crippen LogP contribution in [0, 0.1) is 13.8 Å². The van der Waals surface area contributed by atoms with Gasteiger partial charge < -0.3 is 9.88 Å². The molecule has 3 aromatic rings. The predicted octanol–water partition coefficient (Wildman–Crippen LogP) is 4.04. The molecule has 4 nitrogen and oxygen atoms in total. The molecular formula is C21H23N3O. The van der Waals surface area contributed by atoms with E-state index < -0.39 is 0 Å². The van der Waals surface area contributed by atoms with Crippen LogP contribution in [0.4, 0.5) is 0 Å². The van der Waals surface area contributed by atoms with Gasteiger partial charge in [-0.25, -0.2) is 4.98 Å². The Bertz CT molecular complexity index is 851. The Hall–Kier alpha value is -2.88. The lowest BCUT2D eigenvalue weighted by atomic mass is 10.0. The molecule has 1 N–H and O–H groups in total. The van der Waals surface area contributed by atoms with E-state index in [1.54, 1.807) is 12.5 Å². The van der Waals surface area contributed by atoms with E-state index in [1.165, 1.54) is 11.1 Å². The summed E-state index contributed by atoms with van der Waals surface area (Å²) in [5.41, 5.74) is 5.42. The monoisotopic (exact) mass is 333 g/mol. The van der Waals surface area contributed by atoms with Crippen LogP contribution in [0.15, 0.2) is 61.2 Å². The smallest absolute Gasteiger partial charge is 0.251 e. The minimum atomic E-state index is -0.0556. The van der Waals surface area contributed by atoms with Gasteiger partial charge in [0.1, 0.15) is 0 Å². The summed E-state index contributed by atoms with van der Waals surface area (Å²) in [6.45, 7) is 6.94. The highest BCUT2D eigenvalue weighted by Gasteiger charge is 2.12. The quantitative estimate of drug-likeness (QED) is 0.766. The minimum absolute atomic E-state index is 0.0302. The summed E-state index contributed by atoms with van der Waals surface area (Å²) in [5, 5.41) is 3.07. The molecule has 1 heterocycles. The van der Waals surface area contributed by atoms with Crippen LogP contribution in [0.3, 0.4) is 0 Å². The van der Waals surface area contributed by atoms with Crippen molar-refractivity contribution >= 4 is 5.91 Å². The maximum atomic E-state index is 12.5. The third-order valence-corrected chi connectivity index (χ3v) is 4.52. The third kappa shape index (κ3) is 4.15. The molecule has 0 saturated carbocycles. The molecule has 1 amide bonds. The van der Waals surface area contributed by atoms with Crippen molar-refractivity contribution in [1.29, 1.82) is 0 Å². The average molecular weight is 333 g/mol. The SMILES string of the molecule is Cc1ccc(C(C)NC(=O)c2ccc(Cn3ccnc3)cc2)cc1C. The Morgan fingerprint density at radius 1 is 1.12 bits per heavy atom. The molecular weight excluding hydrogens is 310 g/mol. The number of nitrogens with one attached hydrogen (secondary N) is 1. The van der Waals surface area contributed by atoms with E-state index >= 15 is 0 Å². The summed E-state index contributed by atoms with van der Waals surface area (Å²) in [6.07, 6.45) is 5.47. The van der Waals surface area contributed by atoms with Gasteiger partial charge in [0.25, 0.3) is 5.91 Å². The summed E-state index contributed by atoms with van der Waals surface area (Å²) in [5.74, 6) is -0.0556. The molecule has 1 atom stereocenters. The molecule has 0 fully saturated rings. The van der Waals surface area contributed by atoms with E-state index in [1.807, 2.05) is 42.0 Å². The molecule has 128 valence electrons. The second kappa shape index (κ2) is 7.34. The molecule has 1 unspecified atom stereocenters. The number of aryl methyl sites for hydroxylation is 2. The van der Waals surface area contributed by atoms with Crippen molar-refractivity contribution in [3.63, 3.8) is 0 Å². The fraction of sp³-hybridized carbons (Fsp3) is 0.238. The van der Waals surface area contributed by atoms with E-state index in [4.69, 9.17) is 0 Å². The summed E-state index contributed by atoms with van der Waals surface area (Å²) in [6, 6.07) is 14.0. The number of hydrogen-bond donors (Lipinski definition) is 1. The molecule has 4 heteroatoms. The number of amides is 1. The van der Waals surface area contributed by atoms with Crippen LogP contribution in [-0.4, -0.2) is 15.5 Å². The molecule has 3 rings (SSSR count). The zero-order chi connectivity index (χ0) is 17.8. The number of aromatic nitrogens is 2. The lowest BCUT2D eigenvalue weighted by molar-refractivity contribution is 0.0940. The van der Waals surface area contributed by atoms with Crippen molar-refractivity contribution in [3.8, 4) is 0 Å². The van der Waals surface area contributed by atoms with E-state index in [-0.39, 0.29) is 11.9 Å². The fourth-order valence-electron chi connectivity index (χ4n) is 2.75. The van der Waals surface area contributed by atoms with Gasteiger partial charge in [0.05, 0.1) is 12.4 Å². The number of imidazole rings is 1. The lowest BCUT2D eigenvalue weighted by Gasteiger charge is -2.16. The van der Waals surface area contributed by atoms with Gasteiger partial charge in [-0.2, -0.15) is 0 Å². The highest BCUT2D eigenvalue weighted by atomic mass is 16.1. The van der Waals surface area contributed by atoms with Crippen molar-refractivity contribution in [1.82, 2.24) is 14.9 Å². The molecule has 0 bridgehead atoms. The van der Waals surface area contributed by atoms with Gasteiger partial charge in [0, 0.05) is 24.5 Å². The first-order chi connectivity index (χ1) is 12.0. The van der Waals surface area contributed by atoms with Gasteiger partial charge in [-0.3, -0.25) is 4.79 Å². The van der Waals surface area contributed by atoms with Crippen LogP contribution in [0.5, 0.6) is 0 Å². The largest absolute Gasteiger partial charge is 0.346 e. The van der Waals surface area contributed by atoms with Crippen LogP contribution in [-0.2, 0) is 6.54 Å². The molecule has 2 aromatic carbocycles. The van der Waals surface area contributed by atoms with Crippen LogP contribution in [0.2, 0.25) is 0 Å². The second-order valence-corrected chi connectivity index (χ2v) is 6.47. The normalized spacial score (nSPS) is 12.0. The molecule has 0 aliphatic carbocycles. The fourth-order valence-corrected chi connectivity index (χ4v) is 2.75. The van der Waals surface area contributed by atoms with Crippen molar-refractivity contribution < 1.29 is 4.79 Å². The third-order valence-electron chi connectivity index (χ3n) is 4.52. The Morgan fingerprint density at radius 3 is 2.52 bits per heavy atom. The van der Waals surface area contributed by atoms with Gasteiger partial charge >= 0.3 is 0 Å². The molecule has 25 heavy (non-hydrogen) atoms. The summed E-state index contributed by atoms with van der Waals surface area (Å²) in [7, 11) is 0. The molecule has 0 spiro atoms. The van der Waals surface area contributed by atoms with Crippen LogP contribution in [0.25, 0.3) is 0 Å². The van der Waals surface area contributed by atoms with Crippen LogP contribution < -0.4 is 5.32 Å². The van der Waals surface area contributed by atoms with E-state index in [0.29, 0.717) is 5.56 Å². The summed E-state index contributed by atoms with van der Waals surface area (Å²) in [4.78, 5) is 16.5. The Balaban J connectivity index is 1.65. The second-order valence-electron chi connectivity index (χ2n) is 6.47. The predicted molar refractivity (Wildman–Crippen MR) is 99.6 cm³/mol. The van der Waals surface area contributed by atoms with Gasteiger partial charge in [-0.1, -0.05) is 30.3 Å². The van der Waals surface area contributed by atoms with E-state index in [2.05, 4.69) is 42.3 Å². The Morgan fingerprint density at radius 2 is 1.88 bits per heavy atom. The molecule has 0 radical (unpaired) electrons. The van der Waals surface area contributed by atoms with Gasteiger partial charge in [-0.05, 0) is 55.2 Å². The van der Waals surface area contributed by atoms with Crippen molar-refractivity contribution in [2.75, 3.05) is 0 Å². The summed E-state index contributed by atoms with van der Waals surface area (Å²) >= 11 is 0. The first-order valence-corrected chi connectivity index (χ1v) is 8.45. The minimum Gasteiger partial charge on any atom is -0.346 e. The standard InChI is InChI=1S/C21H23N3O/c1-15-4-7-20(12-16(15)2)17(3)23-21(25)19-8-5-18(6-9-19)13-24-11-10-22-14-24/h4-12,14,17H,13H2,1-3H3,(H,23,25). The molecule has 0 saturated heterocycles. The van der Waals surface area contributed by atoms with Crippen molar-refractivity contribution in [3.05, 3.63) is 89.0 Å². The highest BCUT2D eigenvalue weighted by Crippen LogP contribution is 2.17. The van der Waals surface area contributed by atoms with E-state index in [0.717, 1.165) is 17.7 Å². The molecule has 0 aliphatic rings. The van der Waals surface area contributed by atoms with Crippen molar-refractivity contribution in [2.24, 2.45) is 0 Å². The Labute approximate surface area is 148 Å². The number of carbonyl (C=O) groups excluding carboxylic acids is 1. The van der Waals surface area contributed by atoms with Crippen molar-refractivity contribution in [2.45, 2.75) is 33.4 Å². The van der Waals surface area contributed by atoms with Gasteiger partial charge in [0.15, 0.2) is 0 Å². The van der Waals surface area contributed by atoms with Gasteiger partial charge in [-0.15, -0.1) is 0 Å². The number of benzene rings is 2. The summed E-state index contributed by atoms with van der Waals surface area (Å²) < 4.78 is 2.00. The topological polar surface area (TPSA) is 46.9 Å². The first-order valence-electron chi connectivity index (χ1n) is 8.45. The Kier molecular flexibility index (Phi) is 4.98. The zero-order valence-electron chi connectivity index (χ0n) is 14.9. The first kappa shape index (κ1) is 17.0. The highest BCUT2D eigenvalue weighted by molar-refractivity contribution is 5.94. The number of rotatable bonds is 5. The number of carbonyl (C=O) groups is 1. The molecule has 0 aliphatic heterocycles. The zero-order valence-corrected chi connectivity index (χ0v) is 14.9. The lowest BCUT2D eigenvalue weighted by Crippen LogP contribution is -2.26. The average Bonchev–Trinajstić information content (AvgIpc) is 3.11. The van der Waals surface area contributed by atoms with Crippen LogP contribution in [0.1, 0.15) is 45.6 Å². The maximum absolute atomic E-state index is 12.5. The maximum Gasteiger partial charge on any atom is 0.251 e. The van der Waals surface area contributed by atoms with Gasteiger partial charge in [0.2, 0.25) is 0 Å². The molecule has 1 aromatic heterocycles. The van der Waals surface area contributed by atoms with Crippen LogP contribution >= 0.6 is 0 Å². The van der Waals surface area contributed by atoms with E-state index in [9.17, 15) is 4.79 Å². The number of hydrogen-bond acceptors (Lipinski definition) is 2. The number of nitrogens with zero attached hydrogens (tertiary/aromatic N) is 2.